The maximum absolute atomic E-state index is 11.3. The van der Waals surface area contributed by atoms with Crippen molar-refractivity contribution in [3.63, 3.8) is 0 Å². The fourth-order valence-corrected chi connectivity index (χ4v) is 0.987. The summed E-state index contributed by atoms with van der Waals surface area (Å²) in [7, 11) is 1.87. The summed E-state index contributed by atoms with van der Waals surface area (Å²) in [5.41, 5.74) is 0.596. The zero-order valence-electron chi connectivity index (χ0n) is 8.37. The molecule has 0 saturated heterocycles. The summed E-state index contributed by atoms with van der Waals surface area (Å²) in [6.45, 7) is 2.45. The Morgan fingerprint density at radius 1 is 1.57 bits per heavy atom. The van der Waals surface area contributed by atoms with Crippen molar-refractivity contribution in [2.75, 3.05) is 6.61 Å². The van der Waals surface area contributed by atoms with E-state index in [-0.39, 0.29) is 18.4 Å². The maximum Gasteiger partial charge on any atom is 0.344 e. The molecular weight excluding hydrogens is 202 g/mol. The minimum atomic E-state index is -0.252. The molecule has 0 amide bonds. The number of esters is 1. The fourth-order valence-electron chi connectivity index (χ4n) is 0.987. The Morgan fingerprint density at radius 2 is 2.29 bits per heavy atom. The van der Waals surface area contributed by atoms with Crippen molar-refractivity contribution in [2.45, 2.75) is 13.3 Å². The Kier molecular flexibility index (Phi) is 5.88. The Morgan fingerprint density at radius 3 is 2.86 bits per heavy atom. The van der Waals surface area contributed by atoms with E-state index in [0.29, 0.717) is 12.2 Å². The average Bonchev–Trinajstić information content (AvgIpc) is 2.14. The van der Waals surface area contributed by atoms with E-state index in [1.807, 2.05) is 30.8 Å². The molecule has 4 heteroatoms. The van der Waals surface area contributed by atoms with Crippen LogP contribution >= 0.6 is 0 Å². The molecule has 3 nitrogen and oxygen atoms in total. The van der Waals surface area contributed by atoms with Gasteiger partial charge in [0.15, 0.2) is 12.4 Å². The molecule has 0 spiro atoms. The number of pyridine rings is 1. The number of nitrogens with zero attached hydrogens (tertiary/aromatic N) is 1. The summed E-state index contributed by atoms with van der Waals surface area (Å²) in [5.74, 6) is -0.252. The van der Waals surface area contributed by atoms with Crippen LogP contribution in [0.1, 0.15) is 23.7 Å². The molecule has 0 aliphatic heterocycles. The first-order valence-electron chi connectivity index (χ1n) is 4.36. The van der Waals surface area contributed by atoms with Crippen molar-refractivity contribution < 1.29 is 26.5 Å². The number of hydrogen-bond acceptors (Lipinski definition) is 2. The molecule has 14 heavy (non-hydrogen) atoms. The highest BCUT2D eigenvalue weighted by Gasteiger charge is 2.09. The normalized spacial score (nSPS) is 9.00. The smallest absolute Gasteiger partial charge is 0.344 e. The van der Waals surface area contributed by atoms with Crippen LogP contribution in [0.5, 0.6) is 0 Å². The third-order valence-electron chi connectivity index (χ3n) is 1.61. The predicted molar refractivity (Wildman–Crippen MR) is 48.2 cm³/mol. The highest BCUT2D eigenvalue weighted by Crippen LogP contribution is 1.97. The molecule has 0 atom stereocenters. The van der Waals surface area contributed by atoms with E-state index in [4.69, 9.17) is 4.74 Å². The Bertz CT molecular complexity index is 302. The lowest BCUT2D eigenvalue weighted by Gasteiger charge is -2.00. The topological polar surface area (TPSA) is 30.2 Å². The first-order valence-corrected chi connectivity index (χ1v) is 4.36. The van der Waals surface area contributed by atoms with Gasteiger partial charge in [-0.25, -0.2) is 9.36 Å². The SMILES string of the molecule is CCCOC(=O)c1ccc[n+](C)c1.[Cl-]. The van der Waals surface area contributed by atoms with Gasteiger partial charge in [-0.3, -0.25) is 0 Å². The minimum Gasteiger partial charge on any atom is -1.00 e. The molecule has 0 bridgehead atoms. The fraction of sp³-hybridized carbons (Fsp3) is 0.400. The second-order valence-electron chi connectivity index (χ2n) is 2.89. The number of rotatable bonds is 3. The van der Waals surface area contributed by atoms with Gasteiger partial charge in [0, 0.05) is 6.07 Å². The Balaban J connectivity index is 0.00000169. The third kappa shape index (κ3) is 3.75. The van der Waals surface area contributed by atoms with Crippen LogP contribution in [0.15, 0.2) is 24.5 Å². The molecule has 78 valence electrons. The van der Waals surface area contributed by atoms with E-state index in [2.05, 4.69) is 0 Å². The van der Waals surface area contributed by atoms with E-state index < -0.39 is 0 Å². The molecule has 1 rings (SSSR count). The van der Waals surface area contributed by atoms with E-state index in [0.717, 1.165) is 6.42 Å². The first kappa shape index (κ1) is 12.9. The monoisotopic (exact) mass is 215 g/mol. The number of hydrogen-bond donors (Lipinski definition) is 0. The third-order valence-corrected chi connectivity index (χ3v) is 1.61. The van der Waals surface area contributed by atoms with Crippen LogP contribution in [0.2, 0.25) is 0 Å². The van der Waals surface area contributed by atoms with Crippen molar-refractivity contribution >= 4 is 5.97 Å². The summed E-state index contributed by atoms with van der Waals surface area (Å²) in [5, 5.41) is 0. The summed E-state index contributed by atoms with van der Waals surface area (Å²) in [4.78, 5) is 11.3. The Hall–Kier alpha value is -1.09. The predicted octanol–water partition coefficient (Wildman–Crippen LogP) is -1.92. The van der Waals surface area contributed by atoms with Crippen LogP contribution in [0, 0.1) is 0 Å². The van der Waals surface area contributed by atoms with Crippen molar-refractivity contribution in [2.24, 2.45) is 7.05 Å². The van der Waals surface area contributed by atoms with Gasteiger partial charge >= 0.3 is 5.97 Å². The van der Waals surface area contributed by atoms with Gasteiger partial charge in [-0.15, -0.1) is 0 Å². The lowest BCUT2D eigenvalue weighted by molar-refractivity contribution is -0.671. The molecule has 0 aliphatic rings. The first-order chi connectivity index (χ1) is 6.24. The van der Waals surface area contributed by atoms with Crippen LogP contribution in [-0.4, -0.2) is 12.6 Å². The molecule has 0 fully saturated rings. The number of halogens is 1. The van der Waals surface area contributed by atoms with E-state index in [1.54, 1.807) is 12.3 Å². The average molecular weight is 216 g/mol. The van der Waals surface area contributed by atoms with Gasteiger partial charge in [0.05, 0.1) is 6.61 Å². The minimum absolute atomic E-state index is 0. The highest BCUT2D eigenvalue weighted by molar-refractivity contribution is 5.88. The molecular formula is C10H14ClNO2. The zero-order valence-corrected chi connectivity index (χ0v) is 9.12. The number of ether oxygens (including phenoxy) is 1. The van der Waals surface area contributed by atoms with E-state index in [9.17, 15) is 4.79 Å². The van der Waals surface area contributed by atoms with E-state index in [1.165, 1.54) is 0 Å². The summed E-state index contributed by atoms with van der Waals surface area (Å²) >= 11 is 0. The zero-order chi connectivity index (χ0) is 9.68. The molecule has 1 heterocycles. The van der Waals surface area contributed by atoms with Crippen LogP contribution in [0.4, 0.5) is 0 Å². The summed E-state index contributed by atoms with van der Waals surface area (Å²) in [6.07, 6.45) is 4.47. The van der Waals surface area contributed by atoms with Gasteiger partial charge in [-0.1, -0.05) is 6.92 Å². The molecule has 1 aromatic rings. The van der Waals surface area contributed by atoms with Gasteiger partial charge in [-0.2, -0.15) is 0 Å². The van der Waals surface area contributed by atoms with Gasteiger partial charge in [0.25, 0.3) is 0 Å². The Labute approximate surface area is 90.1 Å². The molecule has 0 aliphatic carbocycles. The highest BCUT2D eigenvalue weighted by atomic mass is 35.5. The molecule has 0 unspecified atom stereocenters. The van der Waals surface area contributed by atoms with Gasteiger partial charge < -0.3 is 17.1 Å². The van der Waals surface area contributed by atoms with Gasteiger partial charge in [0.1, 0.15) is 12.6 Å². The molecule has 0 aromatic carbocycles. The molecule has 0 N–H and O–H groups in total. The van der Waals surface area contributed by atoms with Crippen molar-refractivity contribution in [3.8, 4) is 0 Å². The van der Waals surface area contributed by atoms with Crippen LogP contribution in [0.25, 0.3) is 0 Å². The molecule has 0 saturated carbocycles. The van der Waals surface area contributed by atoms with Gasteiger partial charge in [0.2, 0.25) is 0 Å². The molecule has 1 aromatic heterocycles. The summed E-state index contributed by atoms with van der Waals surface area (Å²) < 4.78 is 6.80. The quantitative estimate of drug-likeness (QED) is 0.435. The molecule has 0 radical (unpaired) electrons. The van der Waals surface area contributed by atoms with Crippen molar-refractivity contribution in [1.82, 2.24) is 0 Å². The van der Waals surface area contributed by atoms with Crippen LogP contribution in [0.3, 0.4) is 0 Å². The second-order valence-corrected chi connectivity index (χ2v) is 2.89. The van der Waals surface area contributed by atoms with E-state index >= 15 is 0 Å². The number of aryl methyl sites for hydroxylation is 1. The summed E-state index contributed by atoms with van der Waals surface area (Å²) in [6, 6.07) is 3.57. The second kappa shape index (κ2) is 6.38. The van der Waals surface area contributed by atoms with Crippen LogP contribution < -0.4 is 17.0 Å². The lowest BCUT2D eigenvalue weighted by Crippen LogP contribution is -3.00. The number of carbonyl (C=O) groups is 1. The largest absolute Gasteiger partial charge is 1.00 e. The van der Waals surface area contributed by atoms with Crippen molar-refractivity contribution in [3.05, 3.63) is 30.1 Å². The number of aromatic nitrogens is 1. The lowest BCUT2D eigenvalue weighted by atomic mass is 10.3. The van der Waals surface area contributed by atoms with Gasteiger partial charge in [-0.05, 0) is 12.5 Å². The van der Waals surface area contributed by atoms with Crippen LogP contribution in [-0.2, 0) is 11.8 Å². The maximum atomic E-state index is 11.3. The van der Waals surface area contributed by atoms with Crippen molar-refractivity contribution in [1.29, 1.82) is 0 Å². The standard InChI is InChI=1S/C10H14NO2.ClH/c1-3-7-13-10(12)9-5-4-6-11(2)8-9;/h4-6,8H,3,7H2,1-2H3;1H/q+1;/p-1. The number of carbonyl (C=O) groups excluding carboxylic acids is 1.